The van der Waals surface area contributed by atoms with Gasteiger partial charge in [-0.05, 0) is 19.3 Å². The summed E-state index contributed by atoms with van der Waals surface area (Å²) in [5, 5.41) is 12.0. The minimum atomic E-state index is -0.625. The summed E-state index contributed by atoms with van der Waals surface area (Å²) in [6.07, 6.45) is 3.08. The maximum Gasteiger partial charge on any atom is 0.308 e. The first kappa shape index (κ1) is 8.81. The van der Waals surface area contributed by atoms with Gasteiger partial charge in [-0.15, -0.1) is 12.4 Å². The van der Waals surface area contributed by atoms with Crippen LogP contribution in [0.15, 0.2) is 0 Å². The minimum absolute atomic E-state index is 0. The molecule has 2 rings (SSSR count). The van der Waals surface area contributed by atoms with E-state index in [1.54, 1.807) is 0 Å². The van der Waals surface area contributed by atoms with Crippen LogP contribution in [0.3, 0.4) is 0 Å². The summed E-state index contributed by atoms with van der Waals surface area (Å²) in [6, 6.07) is 0.786. The molecule has 2 aliphatic rings. The summed E-state index contributed by atoms with van der Waals surface area (Å²) in [5.74, 6) is -0.724. The number of rotatable bonds is 1. The maximum absolute atomic E-state index is 10.6. The van der Waals surface area contributed by atoms with Gasteiger partial charge in [0.1, 0.15) is 0 Å². The van der Waals surface area contributed by atoms with Crippen LogP contribution >= 0.6 is 12.4 Å². The summed E-state index contributed by atoms with van der Waals surface area (Å²) in [7, 11) is 0. The molecular formula is C7H12ClNO2. The van der Waals surface area contributed by atoms with Crippen LogP contribution in [-0.2, 0) is 4.79 Å². The highest BCUT2D eigenvalue weighted by Crippen LogP contribution is 2.32. The Morgan fingerprint density at radius 3 is 2.45 bits per heavy atom. The van der Waals surface area contributed by atoms with Crippen molar-refractivity contribution in [2.24, 2.45) is 5.92 Å². The molecule has 0 aliphatic carbocycles. The Kier molecular flexibility index (Phi) is 2.40. The third-order valence-corrected chi connectivity index (χ3v) is 2.62. The lowest BCUT2D eigenvalue weighted by molar-refractivity contribution is -0.142. The SMILES string of the molecule is Cl.O=C(O)C1CC2CCC1N2. The third-order valence-electron chi connectivity index (χ3n) is 2.62. The second kappa shape index (κ2) is 2.99. The molecule has 0 saturated carbocycles. The number of carboxylic acid groups (broad SMARTS) is 1. The standard InChI is InChI=1S/C7H11NO2.ClH/c9-7(10)5-3-4-1-2-6(5)8-4;/h4-6,8H,1-3H2,(H,9,10);1H. The van der Waals surface area contributed by atoms with E-state index in [0.29, 0.717) is 6.04 Å². The highest BCUT2D eigenvalue weighted by atomic mass is 35.5. The summed E-state index contributed by atoms with van der Waals surface area (Å²) in [4.78, 5) is 10.6. The van der Waals surface area contributed by atoms with Crippen molar-refractivity contribution in [3.63, 3.8) is 0 Å². The highest BCUT2D eigenvalue weighted by Gasteiger charge is 2.42. The fraction of sp³-hybridized carbons (Fsp3) is 0.857. The van der Waals surface area contributed by atoms with E-state index in [0.717, 1.165) is 12.8 Å². The van der Waals surface area contributed by atoms with Gasteiger partial charge in [0.15, 0.2) is 0 Å². The molecule has 2 bridgehead atoms. The number of aliphatic carboxylic acids is 1. The van der Waals surface area contributed by atoms with Crippen LogP contribution in [0.25, 0.3) is 0 Å². The smallest absolute Gasteiger partial charge is 0.308 e. The Labute approximate surface area is 71.6 Å². The van der Waals surface area contributed by atoms with E-state index in [1.807, 2.05) is 0 Å². The maximum atomic E-state index is 10.6. The summed E-state index contributed by atoms with van der Waals surface area (Å²) >= 11 is 0. The molecule has 0 radical (unpaired) electrons. The average molecular weight is 178 g/mol. The molecule has 0 aromatic carbocycles. The van der Waals surface area contributed by atoms with Gasteiger partial charge in [-0.2, -0.15) is 0 Å². The van der Waals surface area contributed by atoms with Crippen LogP contribution < -0.4 is 5.32 Å². The van der Waals surface area contributed by atoms with Crippen LogP contribution in [0.2, 0.25) is 0 Å². The van der Waals surface area contributed by atoms with Gasteiger partial charge >= 0.3 is 5.97 Å². The zero-order chi connectivity index (χ0) is 7.14. The van der Waals surface area contributed by atoms with Gasteiger partial charge < -0.3 is 10.4 Å². The quantitative estimate of drug-likeness (QED) is 0.618. The largest absolute Gasteiger partial charge is 0.481 e. The van der Waals surface area contributed by atoms with Crippen molar-refractivity contribution in [1.82, 2.24) is 5.32 Å². The van der Waals surface area contributed by atoms with Crippen molar-refractivity contribution in [1.29, 1.82) is 0 Å². The second-order valence-corrected chi connectivity index (χ2v) is 3.23. The van der Waals surface area contributed by atoms with Crippen LogP contribution in [0.1, 0.15) is 19.3 Å². The van der Waals surface area contributed by atoms with Crippen molar-refractivity contribution in [2.45, 2.75) is 31.3 Å². The molecule has 2 aliphatic heterocycles. The molecule has 3 atom stereocenters. The second-order valence-electron chi connectivity index (χ2n) is 3.23. The molecular weight excluding hydrogens is 166 g/mol. The Morgan fingerprint density at radius 1 is 1.45 bits per heavy atom. The topological polar surface area (TPSA) is 49.3 Å². The van der Waals surface area contributed by atoms with E-state index in [9.17, 15) is 4.79 Å². The van der Waals surface area contributed by atoms with Crippen molar-refractivity contribution in [2.75, 3.05) is 0 Å². The predicted octanol–water partition coefficient (Wildman–Crippen LogP) is 0.633. The van der Waals surface area contributed by atoms with Gasteiger partial charge in [0.05, 0.1) is 5.92 Å². The van der Waals surface area contributed by atoms with Crippen molar-refractivity contribution in [3.05, 3.63) is 0 Å². The molecule has 64 valence electrons. The Hall–Kier alpha value is -0.280. The summed E-state index contributed by atoms with van der Waals surface area (Å²) in [6.45, 7) is 0. The van der Waals surface area contributed by atoms with E-state index in [2.05, 4.69) is 5.32 Å². The molecule has 2 N–H and O–H groups in total. The number of hydrogen-bond acceptors (Lipinski definition) is 2. The highest BCUT2D eigenvalue weighted by molar-refractivity contribution is 5.85. The number of carboxylic acids is 1. The lowest BCUT2D eigenvalue weighted by Gasteiger charge is -2.14. The molecule has 3 nitrogen and oxygen atoms in total. The molecule has 3 unspecified atom stereocenters. The number of fused-ring (bicyclic) bond motifs is 2. The van der Waals surface area contributed by atoms with E-state index in [4.69, 9.17) is 5.11 Å². The Balaban J connectivity index is 0.000000605. The fourth-order valence-corrected chi connectivity index (χ4v) is 2.10. The Morgan fingerprint density at radius 2 is 2.18 bits per heavy atom. The zero-order valence-corrected chi connectivity index (χ0v) is 6.93. The van der Waals surface area contributed by atoms with Gasteiger partial charge in [0.25, 0.3) is 0 Å². The molecule has 0 amide bonds. The van der Waals surface area contributed by atoms with E-state index in [1.165, 1.54) is 6.42 Å². The van der Waals surface area contributed by atoms with Gasteiger partial charge in [-0.3, -0.25) is 4.79 Å². The fourth-order valence-electron chi connectivity index (χ4n) is 2.10. The number of halogens is 1. The van der Waals surface area contributed by atoms with E-state index in [-0.39, 0.29) is 24.4 Å². The van der Waals surface area contributed by atoms with Crippen molar-refractivity contribution >= 4 is 18.4 Å². The normalized spacial score (nSPS) is 40.2. The molecule has 11 heavy (non-hydrogen) atoms. The lowest BCUT2D eigenvalue weighted by atomic mass is 9.89. The van der Waals surface area contributed by atoms with Crippen molar-refractivity contribution in [3.8, 4) is 0 Å². The molecule has 4 heteroatoms. The molecule has 2 fully saturated rings. The predicted molar refractivity (Wildman–Crippen MR) is 42.9 cm³/mol. The zero-order valence-electron chi connectivity index (χ0n) is 6.12. The van der Waals surface area contributed by atoms with Gasteiger partial charge in [0.2, 0.25) is 0 Å². The monoisotopic (exact) mass is 177 g/mol. The number of carbonyl (C=O) groups is 1. The Bertz CT molecular complexity index is 174. The molecule has 0 spiro atoms. The number of hydrogen-bond donors (Lipinski definition) is 2. The first-order valence-electron chi connectivity index (χ1n) is 3.76. The van der Waals surface area contributed by atoms with E-state index < -0.39 is 5.97 Å². The lowest BCUT2D eigenvalue weighted by Crippen LogP contribution is -2.28. The molecule has 2 saturated heterocycles. The molecule has 2 heterocycles. The van der Waals surface area contributed by atoms with Gasteiger partial charge in [-0.25, -0.2) is 0 Å². The average Bonchev–Trinajstić information content (AvgIpc) is 2.44. The van der Waals surface area contributed by atoms with Crippen LogP contribution in [0.5, 0.6) is 0 Å². The van der Waals surface area contributed by atoms with Gasteiger partial charge in [-0.1, -0.05) is 0 Å². The number of nitrogens with one attached hydrogen (secondary N) is 1. The van der Waals surface area contributed by atoms with Gasteiger partial charge in [0, 0.05) is 12.1 Å². The first-order chi connectivity index (χ1) is 4.77. The molecule has 0 aromatic rings. The summed E-state index contributed by atoms with van der Waals surface area (Å²) < 4.78 is 0. The van der Waals surface area contributed by atoms with E-state index >= 15 is 0 Å². The van der Waals surface area contributed by atoms with Crippen LogP contribution in [-0.4, -0.2) is 23.2 Å². The first-order valence-corrected chi connectivity index (χ1v) is 3.76. The summed E-state index contributed by atoms with van der Waals surface area (Å²) in [5.41, 5.74) is 0. The minimum Gasteiger partial charge on any atom is -0.481 e. The molecule has 0 aromatic heterocycles. The van der Waals surface area contributed by atoms with Crippen LogP contribution in [0, 0.1) is 5.92 Å². The third kappa shape index (κ3) is 1.35. The van der Waals surface area contributed by atoms with Crippen molar-refractivity contribution < 1.29 is 9.90 Å². The van der Waals surface area contributed by atoms with Crippen LogP contribution in [0.4, 0.5) is 0 Å².